The van der Waals surface area contributed by atoms with Gasteiger partial charge in [0.25, 0.3) is 0 Å². The van der Waals surface area contributed by atoms with Crippen LogP contribution in [0.4, 0.5) is 0 Å². The van der Waals surface area contributed by atoms with Crippen molar-refractivity contribution in [1.29, 1.82) is 0 Å². The highest BCUT2D eigenvalue weighted by atomic mass is 14.9. The summed E-state index contributed by atoms with van der Waals surface area (Å²) in [6.07, 6.45) is 10.6. The fourth-order valence-corrected chi connectivity index (χ4v) is 2.96. The van der Waals surface area contributed by atoms with Crippen molar-refractivity contribution in [2.75, 3.05) is 6.54 Å². The lowest BCUT2D eigenvalue weighted by Gasteiger charge is -2.16. The van der Waals surface area contributed by atoms with Crippen LogP contribution in [0, 0.1) is 0 Å². The second-order valence-electron chi connectivity index (χ2n) is 6.23. The molecular formula is C18H29N. The zero-order chi connectivity index (χ0) is 13.5. The van der Waals surface area contributed by atoms with Crippen molar-refractivity contribution < 1.29 is 0 Å². The molecule has 0 atom stereocenters. The van der Waals surface area contributed by atoms with Crippen LogP contribution < -0.4 is 5.32 Å². The molecule has 1 N–H and O–H groups in total. The second-order valence-corrected chi connectivity index (χ2v) is 6.23. The van der Waals surface area contributed by atoms with Gasteiger partial charge in [-0.15, -0.1) is 0 Å². The standard InChI is InChI=1S/C18H29N/c1-15(2)19-13-7-3-4-8-16-11-12-17-9-5-6-10-18(17)14-16/h11-12,14-15,19H,3-10,13H2,1-2H3. The number of rotatable bonds is 7. The number of nitrogens with one attached hydrogen (secondary N) is 1. The second kappa shape index (κ2) is 7.69. The van der Waals surface area contributed by atoms with Gasteiger partial charge in [0.05, 0.1) is 0 Å². The van der Waals surface area contributed by atoms with Crippen molar-refractivity contribution in [2.45, 2.75) is 71.3 Å². The molecule has 0 heterocycles. The van der Waals surface area contributed by atoms with Crippen LogP contribution in [0.3, 0.4) is 0 Å². The Morgan fingerprint density at radius 1 is 1.00 bits per heavy atom. The molecular weight excluding hydrogens is 230 g/mol. The van der Waals surface area contributed by atoms with Crippen LogP contribution in [0.2, 0.25) is 0 Å². The van der Waals surface area contributed by atoms with E-state index in [2.05, 4.69) is 37.4 Å². The first-order valence-corrected chi connectivity index (χ1v) is 8.10. The molecule has 0 saturated heterocycles. The fraction of sp³-hybridized carbons (Fsp3) is 0.667. The summed E-state index contributed by atoms with van der Waals surface area (Å²) >= 11 is 0. The van der Waals surface area contributed by atoms with Crippen LogP contribution in [0.1, 0.15) is 62.6 Å². The van der Waals surface area contributed by atoms with Crippen molar-refractivity contribution in [2.24, 2.45) is 0 Å². The molecule has 0 radical (unpaired) electrons. The highest BCUT2D eigenvalue weighted by molar-refractivity contribution is 5.33. The molecule has 1 nitrogen and oxygen atoms in total. The zero-order valence-corrected chi connectivity index (χ0v) is 12.7. The maximum Gasteiger partial charge on any atom is 0.00103 e. The number of unbranched alkanes of at least 4 members (excludes halogenated alkanes) is 2. The molecule has 1 aliphatic rings. The third kappa shape index (κ3) is 4.99. The van der Waals surface area contributed by atoms with Crippen LogP contribution in [-0.2, 0) is 19.3 Å². The third-order valence-electron chi connectivity index (χ3n) is 4.11. The van der Waals surface area contributed by atoms with Crippen molar-refractivity contribution in [3.8, 4) is 0 Å². The first-order valence-electron chi connectivity index (χ1n) is 8.10. The average molecular weight is 259 g/mol. The van der Waals surface area contributed by atoms with Gasteiger partial charge in [-0.1, -0.05) is 38.5 Å². The molecule has 1 aromatic rings. The summed E-state index contributed by atoms with van der Waals surface area (Å²) in [7, 11) is 0. The molecule has 0 unspecified atom stereocenters. The van der Waals surface area contributed by atoms with Gasteiger partial charge >= 0.3 is 0 Å². The van der Waals surface area contributed by atoms with Crippen LogP contribution in [0.15, 0.2) is 18.2 Å². The summed E-state index contributed by atoms with van der Waals surface area (Å²) in [6.45, 7) is 5.60. The summed E-state index contributed by atoms with van der Waals surface area (Å²) in [5, 5.41) is 3.49. The SMILES string of the molecule is CC(C)NCCCCCc1ccc2c(c1)CCCC2. The van der Waals surface area contributed by atoms with E-state index in [0.29, 0.717) is 6.04 Å². The number of benzene rings is 1. The lowest BCUT2D eigenvalue weighted by atomic mass is 9.89. The van der Waals surface area contributed by atoms with Gasteiger partial charge in [-0.05, 0) is 68.2 Å². The number of hydrogen-bond acceptors (Lipinski definition) is 1. The van der Waals surface area contributed by atoms with Crippen molar-refractivity contribution in [3.05, 3.63) is 34.9 Å². The molecule has 1 aliphatic carbocycles. The minimum Gasteiger partial charge on any atom is -0.315 e. The van der Waals surface area contributed by atoms with E-state index in [-0.39, 0.29) is 0 Å². The Balaban J connectivity index is 1.68. The minimum atomic E-state index is 0.626. The first-order chi connectivity index (χ1) is 9.25. The zero-order valence-electron chi connectivity index (χ0n) is 12.7. The maximum atomic E-state index is 3.49. The lowest BCUT2D eigenvalue weighted by molar-refractivity contribution is 0.548. The van der Waals surface area contributed by atoms with Crippen molar-refractivity contribution in [1.82, 2.24) is 5.32 Å². The molecule has 0 spiro atoms. The first kappa shape index (κ1) is 14.6. The van der Waals surface area contributed by atoms with Crippen molar-refractivity contribution >= 4 is 0 Å². The van der Waals surface area contributed by atoms with E-state index in [1.165, 1.54) is 57.9 Å². The van der Waals surface area contributed by atoms with E-state index in [1.807, 2.05) is 0 Å². The lowest BCUT2D eigenvalue weighted by Crippen LogP contribution is -2.23. The predicted octanol–water partition coefficient (Wildman–Crippen LogP) is 4.28. The molecule has 0 amide bonds. The van der Waals surface area contributed by atoms with Crippen molar-refractivity contribution in [3.63, 3.8) is 0 Å². The molecule has 0 saturated carbocycles. The van der Waals surface area contributed by atoms with Gasteiger partial charge in [0.1, 0.15) is 0 Å². The van der Waals surface area contributed by atoms with Gasteiger partial charge < -0.3 is 5.32 Å². The summed E-state index contributed by atoms with van der Waals surface area (Å²) in [6, 6.07) is 7.84. The summed E-state index contributed by atoms with van der Waals surface area (Å²) in [4.78, 5) is 0. The van der Waals surface area contributed by atoms with Gasteiger partial charge in [0, 0.05) is 6.04 Å². The normalized spacial score (nSPS) is 14.7. The minimum absolute atomic E-state index is 0.626. The molecule has 19 heavy (non-hydrogen) atoms. The Kier molecular flexibility index (Phi) is 5.91. The summed E-state index contributed by atoms with van der Waals surface area (Å²) < 4.78 is 0. The van der Waals surface area contributed by atoms with E-state index >= 15 is 0 Å². The molecule has 0 aromatic heterocycles. The number of hydrogen-bond donors (Lipinski definition) is 1. The molecule has 1 heteroatoms. The van der Waals surface area contributed by atoms with Gasteiger partial charge in [0.15, 0.2) is 0 Å². The van der Waals surface area contributed by atoms with E-state index in [4.69, 9.17) is 0 Å². The summed E-state index contributed by atoms with van der Waals surface area (Å²) in [5.41, 5.74) is 4.79. The molecule has 0 aliphatic heterocycles. The monoisotopic (exact) mass is 259 g/mol. The largest absolute Gasteiger partial charge is 0.315 e. The van der Waals surface area contributed by atoms with E-state index < -0.39 is 0 Å². The van der Waals surface area contributed by atoms with Crippen LogP contribution in [-0.4, -0.2) is 12.6 Å². The molecule has 1 aromatic carbocycles. The van der Waals surface area contributed by atoms with E-state index in [1.54, 1.807) is 16.7 Å². The maximum absolute atomic E-state index is 3.49. The molecule has 0 fully saturated rings. The Bertz CT molecular complexity index is 381. The van der Waals surface area contributed by atoms with Crippen LogP contribution in [0.25, 0.3) is 0 Å². The quantitative estimate of drug-likeness (QED) is 0.721. The summed E-state index contributed by atoms with van der Waals surface area (Å²) in [5.74, 6) is 0. The van der Waals surface area contributed by atoms with Gasteiger partial charge in [0.2, 0.25) is 0 Å². The molecule has 2 rings (SSSR count). The Morgan fingerprint density at radius 3 is 2.58 bits per heavy atom. The Morgan fingerprint density at radius 2 is 1.79 bits per heavy atom. The van der Waals surface area contributed by atoms with Gasteiger partial charge in [-0.3, -0.25) is 0 Å². The number of fused-ring (bicyclic) bond motifs is 1. The topological polar surface area (TPSA) is 12.0 Å². The van der Waals surface area contributed by atoms with Crippen LogP contribution >= 0.6 is 0 Å². The Hall–Kier alpha value is -0.820. The van der Waals surface area contributed by atoms with Crippen LogP contribution in [0.5, 0.6) is 0 Å². The predicted molar refractivity (Wildman–Crippen MR) is 83.8 cm³/mol. The van der Waals surface area contributed by atoms with Gasteiger partial charge in [-0.25, -0.2) is 0 Å². The Labute approximate surface area is 118 Å². The fourth-order valence-electron chi connectivity index (χ4n) is 2.96. The highest BCUT2D eigenvalue weighted by Gasteiger charge is 2.09. The number of aryl methyl sites for hydroxylation is 3. The van der Waals surface area contributed by atoms with E-state index in [9.17, 15) is 0 Å². The smallest absolute Gasteiger partial charge is 0.00103 e. The van der Waals surface area contributed by atoms with Gasteiger partial charge in [-0.2, -0.15) is 0 Å². The highest BCUT2D eigenvalue weighted by Crippen LogP contribution is 2.22. The molecule has 106 valence electrons. The molecule has 0 bridgehead atoms. The third-order valence-corrected chi connectivity index (χ3v) is 4.11. The van der Waals surface area contributed by atoms with E-state index in [0.717, 1.165) is 0 Å². The average Bonchev–Trinajstić information content (AvgIpc) is 2.42.